The first kappa shape index (κ1) is 15.8. The summed E-state index contributed by atoms with van der Waals surface area (Å²) in [5, 5.41) is 0. The summed E-state index contributed by atoms with van der Waals surface area (Å²) in [4.78, 5) is 13.5. The van der Waals surface area contributed by atoms with E-state index in [-0.39, 0.29) is 16.8 Å². The van der Waals surface area contributed by atoms with Crippen LogP contribution in [-0.2, 0) is 14.8 Å². The molecule has 1 amide bonds. The van der Waals surface area contributed by atoms with Gasteiger partial charge in [0.2, 0.25) is 15.9 Å². The first-order valence-electron chi connectivity index (χ1n) is 6.96. The van der Waals surface area contributed by atoms with Crippen LogP contribution in [0.25, 0.3) is 0 Å². The van der Waals surface area contributed by atoms with Crippen LogP contribution in [0.5, 0.6) is 0 Å². The number of hydrogen-bond donors (Lipinski definition) is 2. The van der Waals surface area contributed by atoms with Gasteiger partial charge in [-0.3, -0.25) is 4.79 Å². The Morgan fingerprint density at radius 2 is 2.14 bits per heavy atom. The Kier molecular flexibility index (Phi) is 4.53. The average molecular weight is 311 g/mol. The number of sulfonamides is 1. The summed E-state index contributed by atoms with van der Waals surface area (Å²) in [6.07, 6.45) is 1.39. The summed E-state index contributed by atoms with van der Waals surface area (Å²) >= 11 is 0. The molecule has 2 rings (SSSR count). The lowest BCUT2D eigenvalue weighted by Gasteiger charge is -2.22. The van der Waals surface area contributed by atoms with Gasteiger partial charge in [-0.2, -0.15) is 0 Å². The molecule has 0 saturated carbocycles. The summed E-state index contributed by atoms with van der Waals surface area (Å²) in [6.45, 7) is 4.56. The smallest absolute Gasteiger partial charge is 0.241 e. The number of benzene rings is 1. The summed E-state index contributed by atoms with van der Waals surface area (Å²) in [5.41, 5.74) is 6.77. The van der Waals surface area contributed by atoms with Gasteiger partial charge in [0, 0.05) is 31.2 Å². The van der Waals surface area contributed by atoms with Crippen LogP contribution < -0.4 is 10.5 Å². The molecule has 1 aliphatic rings. The summed E-state index contributed by atoms with van der Waals surface area (Å²) < 4.78 is 27.4. The monoisotopic (exact) mass is 311 g/mol. The minimum atomic E-state index is -3.61. The SMILES string of the molecule is Cc1cc(N)ccc1S(=O)(=O)NC(C)CN1CCCC1=O. The zero-order valence-electron chi connectivity index (χ0n) is 12.3. The number of hydrogen-bond acceptors (Lipinski definition) is 4. The third-order valence-electron chi connectivity index (χ3n) is 3.51. The molecule has 21 heavy (non-hydrogen) atoms. The molecular weight excluding hydrogens is 290 g/mol. The predicted octanol–water partition coefficient (Wildman–Crippen LogP) is 0.866. The highest BCUT2D eigenvalue weighted by molar-refractivity contribution is 7.89. The maximum atomic E-state index is 12.4. The molecule has 1 atom stereocenters. The number of nitrogens with one attached hydrogen (secondary N) is 1. The van der Waals surface area contributed by atoms with Gasteiger partial charge in [-0.05, 0) is 44.0 Å². The van der Waals surface area contributed by atoms with Crippen LogP contribution in [0.4, 0.5) is 5.69 Å². The first-order valence-corrected chi connectivity index (χ1v) is 8.44. The molecule has 0 spiro atoms. The van der Waals surface area contributed by atoms with Gasteiger partial charge in [0.05, 0.1) is 4.90 Å². The van der Waals surface area contributed by atoms with Crippen molar-refractivity contribution in [1.29, 1.82) is 0 Å². The first-order chi connectivity index (χ1) is 9.79. The largest absolute Gasteiger partial charge is 0.399 e. The van der Waals surface area contributed by atoms with E-state index < -0.39 is 10.0 Å². The second-order valence-electron chi connectivity index (χ2n) is 5.49. The van der Waals surface area contributed by atoms with Gasteiger partial charge in [0.15, 0.2) is 0 Å². The van der Waals surface area contributed by atoms with Crippen molar-refractivity contribution in [1.82, 2.24) is 9.62 Å². The van der Waals surface area contributed by atoms with Crippen molar-refractivity contribution in [3.8, 4) is 0 Å². The Hall–Kier alpha value is -1.60. The van der Waals surface area contributed by atoms with Crippen LogP contribution in [0.15, 0.2) is 23.1 Å². The van der Waals surface area contributed by atoms with Crippen LogP contribution in [0.2, 0.25) is 0 Å². The Labute approximate surface area is 125 Å². The number of amides is 1. The molecule has 0 radical (unpaired) electrons. The minimum absolute atomic E-state index is 0.0877. The van der Waals surface area contributed by atoms with Crippen molar-refractivity contribution in [2.45, 2.75) is 37.6 Å². The van der Waals surface area contributed by atoms with Gasteiger partial charge in [-0.15, -0.1) is 0 Å². The standard InChI is InChI=1S/C14H21N3O3S/c1-10-8-12(15)5-6-13(10)21(19,20)16-11(2)9-17-7-3-4-14(17)18/h5-6,8,11,16H,3-4,7,9,15H2,1-2H3. The summed E-state index contributed by atoms with van der Waals surface area (Å²) in [6, 6.07) is 4.36. The maximum absolute atomic E-state index is 12.4. The molecular formula is C14H21N3O3S. The molecule has 1 unspecified atom stereocenters. The fraction of sp³-hybridized carbons (Fsp3) is 0.500. The van der Waals surface area contributed by atoms with Crippen molar-refractivity contribution >= 4 is 21.6 Å². The normalized spacial score (nSPS) is 17.2. The van der Waals surface area contributed by atoms with Crippen molar-refractivity contribution in [3.63, 3.8) is 0 Å². The van der Waals surface area contributed by atoms with Crippen molar-refractivity contribution < 1.29 is 13.2 Å². The number of nitrogen functional groups attached to an aromatic ring is 1. The van der Waals surface area contributed by atoms with E-state index in [0.717, 1.165) is 6.42 Å². The topological polar surface area (TPSA) is 92.5 Å². The molecule has 0 aliphatic carbocycles. The highest BCUT2D eigenvalue weighted by atomic mass is 32.2. The van der Waals surface area contributed by atoms with Crippen molar-refractivity contribution in [3.05, 3.63) is 23.8 Å². The van der Waals surface area contributed by atoms with Crippen LogP contribution >= 0.6 is 0 Å². The lowest BCUT2D eigenvalue weighted by molar-refractivity contribution is -0.127. The molecule has 116 valence electrons. The van der Waals surface area contributed by atoms with Crippen LogP contribution in [0, 0.1) is 6.92 Å². The maximum Gasteiger partial charge on any atom is 0.241 e. The van der Waals surface area contributed by atoms with E-state index >= 15 is 0 Å². The van der Waals surface area contributed by atoms with E-state index in [0.29, 0.717) is 30.8 Å². The van der Waals surface area contributed by atoms with Gasteiger partial charge < -0.3 is 10.6 Å². The molecule has 1 saturated heterocycles. The number of aryl methyl sites for hydroxylation is 1. The van der Waals surface area contributed by atoms with E-state index in [1.807, 2.05) is 0 Å². The Morgan fingerprint density at radius 3 is 2.71 bits per heavy atom. The minimum Gasteiger partial charge on any atom is -0.399 e. The van der Waals surface area contributed by atoms with Crippen LogP contribution in [0.1, 0.15) is 25.3 Å². The number of rotatable bonds is 5. The Bertz CT molecular complexity index is 643. The molecule has 3 N–H and O–H groups in total. The predicted molar refractivity (Wildman–Crippen MR) is 81.2 cm³/mol. The van der Waals surface area contributed by atoms with Gasteiger partial charge >= 0.3 is 0 Å². The Balaban J connectivity index is 2.08. The van der Waals surface area contributed by atoms with Crippen LogP contribution in [0.3, 0.4) is 0 Å². The number of carbonyl (C=O) groups excluding carboxylic acids is 1. The number of anilines is 1. The molecule has 0 aromatic heterocycles. The third-order valence-corrected chi connectivity index (χ3v) is 5.26. The van der Waals surface area contributed by atoms with Gasteiger partial charge in [-0.25, -0.2) is 13.1 Å². The second kappa shape index (κ2) is 6.03. The molecule has 1 fully saturated rings. The summed E-state index contributed by atoms with van der Waals surface area (Å²) in [5.74, 6) is 0.0877. The third kappa shape index (κ3) is 3.74. The van der Waals surface area contributed by atoms with Gasteiger partial charge in [0.1, 0.15) is 0 Å². The molecule has 1 aromatic rings. The molecule has 6 nitrogen and oxygen atoms in total. The van der Waals surface area contributed by atoms with Gasteiger partial charge in [-0.1, -0.05) is 0 Å². The highest BCUT2D eigenvalue weighted by Crippen LogP contribution is 2.18. The van der Waals surface area contributed by atoms with Crippen LogP contribution in [-0.4, -0.2) is 38.4 Å². The number of likely N-dealkylation sites (tertiary alicyclic amines) is 1. The second-order valence-corrected chi connectivity index (χ2v) is 7.17. The fourth-order valence-electron chi connectivity index (χ4n) is 2.57. The quantitative estimate of drug-likeness (QED) is 0.789. The van der Waals surface area contributed by atoms with E-state index in [2.05, 4.69) is 4.72 Å². The van der Waals surface area contributed by atoms with Gasteiger partial charge in [0.25, 0.3) is 0 Å². The number of carbonyl (C=O) groups is 1. The highest BCUT2D eigenvalue weighted by Gasteiger charge is 2.25. The van der Waals surface area contributed by atoms with E-state index in [9.17, 15) is 13.2 Å². The number of nitrogens with two attached hydrogens (primary N) is 1. The van der Waals surface area contributed by atoms with E-state index in [4.69, 9.17) is 5.73 Å². The average Bonchev–Trinajstić information content (AvgIpc) is 2.73. The molecule has 1 aromatic carbocycles. The van der Waals surface area contributed by atoms with E-state index in [1.54, 1.807) is 30.9 Å². The molecule has 7 heteroatoms. The zero-order chi connectivity index (χ0) is 15.6. The lowest BCUT2D eigenvalue weighted by Crippen LogP contribution is -2.42. The molecule has 1 heterocycles. The lowest BCUT2D eigenvalue weighted by atomic mass is 10.2. The molecule has 1 aliphatic heterocycles. The fourth-order valence-corrected chi connectivity index (χ4v) is 4.03. The zero-order valence-corrected chi connectivity index (χ0v) is 13.1. The van der Waals surface area contributed by atoms with Crippen molar-refractivity contribution in [2.24, 2.45) is 0 Å². The summed E-state index contributed by atoms with van der Waals surface area (Å²) in [7, 11) is -3.61. The van der Waals surface area contributed by atoms with Crippen molar-refractivity contribution in [2.75, 3.05) is 18.8 Å². The van der Waals surface area contributed by atoms with E-state index in [1.165, 1.54) is 6.07 Å². The Morgan fingerprint density at radius 1 is 1.43 bits per heavy atom. The molecule has 0 bridgehead atoms. The number of nitrogens with zero attached hydrogens (tertiary/aromatic N) is 1.